The van der Waals surface area contributed by atoms with Crippen LogP contribution in [-0.4, -0.2) is 39.0 Å². The number of hydrogen-bond acceptors (Lipinski definition) is 8. The lowest BCUT2D eigenvalue weighted by molar-refractivity contribution is -0.113. The number of benzene rings is 1. The number of amides is 1. The van der Waals surface area contributed by atoms with Crippen LogP contribution in [0.25, 0.3) is 0 Å². The first kappa shape index (κ1) is 26.5. The Labute approximate surface area is 223 Å². The van der Waals surface area contributed by atoms with Gasteiger partial charge in [0, 0.05) is 11.9 Å². The van der Waals surface area contributed by atoms with Crippen LogP contribution in [-0.2, 0) is 36.0 Å². The number of carbonyl (C=O) groups is 2. The molecule has 1 aromatic carbocycles. The van der Waals surface area contributed by atoms with Gasteiger partial charge in [-0.05, 0) is 62.3 Å². The van der Waals surface area contributed by atoms with Crippen LogP contribution in [0.5, 0.6) is 5.75 Å². The second-order valence-electron chi connectivity index (χ2n) is 8.79. The van der Waals surface area contributed by atoms with Gasteiger partial charge in [0.15, 0.2) is 11.0 Å². The molecule has 1 amide bonds. The van der Waals surface area contributed by atoms with Gasteiger partial charge >= 0.3 is 5.97 Å². The third-order valence-electron chi connectivity index (χ3n) is 5.95. The topological polar surface area (TPSA) is 95.3 Å². The summed E-state index contributed by atoms with van der Waals surface area (Å²) in [6.07, 6.45) is 2.76. The molecule has 1 aliphatic carbocycles. The minimum atomic E-state index is -0.376. The average Bonchev–Trinajstić information content (AvgIpc) is 3.37. The Morgan fingerprint density at radius 2 is 2.14 bits per heavy atom. The number of anilines is 1. The molecular formula is C25H29ClN4O4S2. The second kappa shape index (κ2) is 11.7. The minimum Gasteiger partial charge on any atom is -0.484 e. The number of nitrogens with zero attached hydrogens (tertiary/aromatic N) is 3. The quantitative estimate of drug-likeness (QED) is 0.280. The van der Waals surface area contributed by atoms with Gasteiger partial charge in [-0.3, -0.25) is 4.79 Å². The minimum absolute atomic E-state index is 0.123. The van der Waals surface area contributed by atoms with E-state index in [2.05, 4.69) is 22.4 Å². The summed E-state index contributed by atoms with van der Waals surface area (Å²) in [6.45, 7) is 6.44. The Bertz CT molecular complexity index is 1270. The molecule has 1 N–H and O–H groups in total. The van der Waals surface area contributed by atoms with Gasteiger partial charge in [0.2, 0.25) is 5.91 Å². The number of rotatable bonds is 9. The third kappa shape index (κ3) is 6.04. The molecule has 0 saturated carbocycles. The molecule has 0 fully saturated rings. The number of halogens is 1. The van der Waals surface area contributed by atoms with Crippen LogP contribution in [0.2, 0.25) is 5.02 Å². The maximum atomic E-state index is 12.8. The number of hydrogen-bond donors (Lipinski definition) is 1. The number of thioether (sulfide) groups is 1. The average molecular weight is 549 g/mol. The zero-order chi connectivity index (χ0) is 25.8. The Kier molecular flexibility index (Phi) is 8.58. The van der Waals surface area contributed by atoms with Crippen molar-refractivity contribution in [2.24, 2.45) is 13.0 Å². The standard InChI is InChI=1S/C25H29ClN4O4S2/c1-5-33-24(32)22-16-8-6-15(3)11-19(16)36-23(22)27-21(31)13-35-25-29-28-20(30(25)4)12-34-18-10-14(2)7-9-17(18)26/h7,9-10,15H,5-6,8,11-13H2,1-4H3,(H,27,31). The van der Waals surface area contributed by atoms with Gasteiger partial charge in [-0.2, -0.15) is 0 Å². The molecule has 0 saturated heterocycles. The monoisotopic (exact) mass is 548 g/mol. The maximum Gasteiger partial charge on any atom is 0.341 e. The van der Waals surface area contributed by atoms with E-state index in [0.29, 0.717) is 38.2 Å². The Hall–Kier alpha value is -2.56. The van der Waals surface area contributed by atoms with Gasteiger partial charge in [0.05, 0.1) is 22.9 Å². The fourth-order valence-electron chi connectivity index (χ4n) is 4.01. The first-order valence-electron chi connectivity index (χ1n) is 11.8. The van der Waals surface area contributed by atoms with Crippen LogP contribution in [0.1, 0.15) is 52.5 Å². The molecular weight excluding hydrogens is 520 g/mol. The van der Waals surface area contributed by atoms with E-state index in [-0.39, 0.29) is 30.8 Å². The van der Waals surface area contributed by atoms with E-state index in [1.807, 2.05) is 26.1 Å². The van der Waals surface area contributed by atoms with Crippen LogP contribution >= 0.6 is 34.7 Å². The van der Waals surface area contributed by atoms with E-state index >= 15 is 0 Å². The predicted molar refractivity (Wildman–Crippen MR) is 142 cm³/mol. The summed E-state index contributed by atoms with van der Waals surface area (Å²) >= 11 is 8.95. The van der Waals surface area contributed by atoms with E-state index in [0.717, 1.165) is 35.3 Å². The zero-order valence-electron chi connectivity index (χ0n) is 20.7. The number of thiophene rings is 1. The SMILES string of the molecule is CCOC(=O)c1c(NC(=O)CSc2nnc(COc3cc(C)ccc3Cl)n2C)sc2c1CCC(C)C2. The number of ether oxygens (including phenoxy) is 2. The summed E-state index contributed by atoms with van der Waals surface area (Å²) in [7, 11) is 1.82. The normalized spacial score (nSPS) is 14.9. The molecule has 0 aliphatic heterocycles. The summed E-state index contributed by atoms with van der Waals surface area (Å²) in [6, 6.07) is 5.58. The summed E-state index contributed by atoms with van der Waals surface area (Å²) in [5.41, 5.74) is 2.57. The smallest absolute Gasteiger partial charge is 0.341 e. The van der Waals surface area contributed by atoms with E-state index < -0.39 is 0 Å². The van der Waals surface area contributed by atoms with Crippen molar-refractivity contribution in [3.05, 3.63) is 50.6 Å². The number of fused-ring (bicyclic) bond motifs is 1. The van der Waals surface area contributed by atoms with Crippen molar-refractivity contribution in [1.29, 1.82) is 0 Å². The van der Waals surface area contributed by atoms with Crippen molar-refractivity contribution in [2.75, 3.05) is 17.7 Å². The summed E-state index contributed by atoms with van der Waals surface area (Å²) < 4.78 is 12.9. The number of nitrogens with one attached hydrogen (secondary N) is 1. The highest BCUT2D eigenvalue weighted by Gasteiger charge is 2.29. The number of aromatic nitrogens is 3. The van der Waals surface area contributed by atoms with Gasteiger partial charge in [-0.15, -0.1) is 21.5 Å². The molecule has 1 unspecified atom stereocenters. The molecule has 192 valence electrons. The molecule has 0 spiro atoms. The molecule has 1 aliphatic rings. The zero-order valence-corrected chi connectivity index (χ0v) is 23.1. The van der Waals surface area contributed by atoms with Crippen molar-refractivity contribution >= 4 is 51.6 Å². The maximum absolute atomic E-state index is 12.8. The van der Waals surface area contributed by atoms with E-state index in [4.69, 9.17) is 21.1 Å². The lowest BCUT2D eigenvalue weighted by atomic mass is 9.88. The lowest BCUT2D eigenvalue weighted by Gasteiger charge is -2.18. The summed E-state index contributed by atoms with van der Waals surface area (Å²) in [4.78, 5) is 26.7. The lowest BCUT2D eigenvalue weighted by Crippen LogP contribution is -2.18. The predicted octanol–water partition coefficient (Wildman–Crippen LogP) is 5.45. The van der Waals surface area contributed by atoms with Crippen molar-refractivity contribution in [3.8, 4) is 5.75 Å². The molecule has 2 heterocycles. The summed E-state index contributed by atoms with van der Waals surface area (Å²) in [5, 5.41) is 13.0. The van der Waals surface area contributed by atoms with E-state index in [9.17, 15) is 9.59 Å². The van der Waals surface area contributed by atoms with Gasteiger partial charge in [0.25, 0.3) is 0 Å². The Morgan fingerprint density at radius 3 is 2.92 bits per heavy atom. The van der Waals surface area contributed by atoms with Crippen LogP contribution in [0.15, 0.2) is 23.4 Å². The molecule has 36 heavy (non-hydrogen) atoms. The molecule has 3 aromatic rings. The molecule has 2 aromatic heterocycles. The summed E-state index contributed by atoms with van der Waals surface area (Å²) in [5.74, 6) is 1.28. The van der Waals surface area contributed by atoms with Gasteiger partial charge in [-0.1, -0.05) is 36.4 Å². The van der Waals surface area contributed by atoms with E-state index in [1.54, 1.807) is 17.6 Å². The van der Waals surface area contributed by atoms with Crippen molar-refractivity contribution < 1.29 is 19.1 Å². The molecule has 0 bridgehead atoms. The molecule has 1 atom stereocenters. The first-order valence-corrected chi connectivity index (χ1v) is 14.0. The Balaban J connectivity index is 1.39. The fraction of sp³-hybridized carbons (Fsp3) is 0.440. The van der Waals surface area contributed by atoms with Gasteiger partial charge < -0.3 is 19.4 Å². The highest BCUT2D eigenvalue weighted by molar-refractivity contribution is 7.99. The van der Waals surface area contributed by atoms with Gasteiger partial charge in [-0.25, -0.2) is 4.79 Å². The van der Waals surface area contributed by atoms with Crippen LogP contribution in [0.4, 0.5) is 5.00 Å². The largest absolute Gasteiger partial charge is 0.484 e. The highest BCUT2D eigenvalue weighted by atomic mass is 35.5. The first-order chi connectivity index (χ1) is 17.3. The third-order valence-corrected chi connectivity index (χ3v) is 8.45. The molecule has 4 rings (SSSR count). The van der Waals surface area contributed by atoms with Crippen molar-refractivity contribution in [1.82, 2.24) is 14.8 Å². The van der Waals surface area contributed by atoms with Crippen LogP contribution < -0.4 is 10.1 Å². The van der Waals surface area contributed by atoms with Gasteiger partial charge in [0.1, 0.15) is 17.4 Å². The molecule has 0 radical (unpaired) electrons. The van der Waals surface area contributed by atoms with Crippen molar-refractivity contribution in [2.45, 2.75) is 51.8 Å². The van der Waals surface area contributed by atoms with E-state index in [1.165, 1.54) is 23.1 Å². The Morgan fingerprint density at radius 1 is 1.33 bits per heavy atom. The molecule has 11 heteroatoms. The number of carbonyl (C=O) groups excluding carboxylic acids is 2. The van der Waals surface area contributed by atoms with Crippen LogP contribution in [0.3, 0.4) is 0 Å². The number of aryl methyl sites for hydroxylation is 1. The fourth-order valence-corrected chi connectivity index (χ4v) is 6.33. The van der Waals surface area contributed by atoms with Crippen molar-refractivity contribution in [3.63, 3.8) is 0 Å². The van der Waals surface area contributed by atoms with Crippen LogP contribution in [0, 0.1) is 12.8 Å². The molecule has 8 nitrogen and oxygen atoms in total. The number of esters is 1. The second-order valence-corrected chi connectivity index (χ2v) is 11.2. The highest BCUT2D eigenvalue weighted by Crippen LogP contribution is 2.40.